The number of aromatic nitrogens is 1. The molecule has 1 aromatic heterocycles. The number of H-pyrrole nitrogens is 1. The van der Waals surface area contributed by atoms with Crippen molar-refractivity contribution in [3.8, 4) is 0 Å². The van der Waals surface area contributed by atoms with Crippen LogP contribution >= 0.6 is 0 Å². The molecule has 0 aliphatic carbocycles. The Morgan fingerprint density at radius 1 is 1.20 bits per heavy atom. The Morgan fingerprint density at radius 3 is 2.68 bits per heavy atom. The molecule has 2 N–H and O–H groups in total. The smallest absolute Gasteiger partial charge is 0.253 e. The van der Waals surface area contributed by atoms with Crippen LogP contribution in [-0.2, 0) is 4.79 Å². The van der Waals surface area contributed by atoms with Gasteiger partial charge in [-0.2, -0.15) is 0 Å². The van der Waals surface area contributed by atoms with Crippen molar-refractivity contribution in [2.75, 3.05) is 40.3 Å². The van der Waals surface area contributed by atoms with Crippen molar-refractivity contribution < 1.29 is 9.59 Å². The lowest BCUT2D eigenvalue weighted by molar-refractivity contribution is -0.125. The zero-order valence-corrected chi connectivity index (χ0v) is 15.3. The molecular weight excluding hydrogens is 316 g/mol. The lowest BCUT2D eigenvalue weighted by Gasteiger charge is -2.23. The molecule has 3 rings (SSSR count). The zero-order chi connectivity index (χ0) is 18.1. The van der Waals surface area contributed by atoms with Crippen LogP contribution in [0.15, 0.2) is 18.2 Å². The molecule has 2 heterocycles. The van der Waals surface area contributed by atoms with Gasteiger partial charge in [0, 0.05) is 55.4 Å². The number of fused-ring (bicyclic) bond motifs is 1. The first-order valence-electron chi connectivity index (χ1n) is 8.69. The fourth-order valence-corrected chi connectivity index (χ4v) is 3.51. The number of likely N-dealkylation sites (N-methyl/N-ethyl adjacent to an activating group) is 1. The van der Waals surface area contributed by atoms with Crippen LogP contribution in [0, 0.1) is 19.8 Å². The molecule has 6 nitrogen and oxygen atoms in total. The molecule has 1 fully saturated rings. The van der Waals surface area contributed by atoms with Crippen molar-refractivity contribution >= 4 is 22.7 Å². The second-order valence-electron chi connectivity index (χ2n) is 6.96. The molecule has 0 saturated carbocycles. The first-order chi connectivity index (χ1) is 11.9. The summed E-state index contributed by atoms with van der Waals surface area (Å²) < 4.78 is 0. The summed E-state index contributed by atoms with van der Waals surface area (Å²) in [4.78, 5) is 32.4. The maximum absolute atomic E-state index is 13.0. The largest absolute Gasteiger partial charge is 0.359 e. The Kier molecular flexibility index (Phi) is 4.81. The Hall–Kier alpha value is -2.34. The molecule has 25 heavy (non-hydrogen) atoms. The molecule has 1 aromatic carbocycles. The number of aromatic amines is 1. The zero-order valence-electron chi connectivity index (χ0n) is 15.3. The summed E-state index contributed by atoms with van der Waals surface area (Å²) in [6.07, 6.45) is 0. The Labute approximate surface area is 148 Å². The number of benzene rings is 1. The Morgan fingerprint density at radius 2 is 1.96 bits per heavy atom. The first kappa shape index (κ1) is 17.5. The number of nitrogens with one attached hydrogen (secondary N) is 2. The molecule has 6 heteroatoms. The minimum absolute atomic E-state index is 0.00986. The lowest BCUT2D eigenvalue weighted by atomic mass is 10.1. The van der Waals surface area contributed by atoms with Crippen LogP contribution in [0.3, 0.4) is 0 Å². The fraction of sp³-hybridized carbons (Fsp3) is 0.474. The standard InChI is InChI=1S/C19H26N4O2/c1-12-13(2)21-17-6-5-14(9-16(12)17)19(25)23-8-7-22(4)10-15(11-23)18(24)20-3/h5-6,9,15,21H,7-8,10-11H2,1-4H3,(H,20,24)/t15-/m0/s1. The van der Waals surface area contributed by atoms with E-state index in [0.717, 1.165) is 23.1 Å². The lowest BCUT2D eigenvalue weighted by Crippen LogP contribution is -2.41. The van der Waals surface area contributed by atoms with Gasteiger partial charge in [-0.05, 0) is 44.7 Å². The van der Waals surface area contributed by atoms with E-state index in [2.05, 4.69) is 22.1 Å². The second kappa shape index (κ2) is 6.88. The normalized spacial score (nSPS) is 19.0. The maximum atomic E-state index is 13.0. The van der Waals surface area contributed by atoms with Crippen molar-refractivity contribution in [3.63, 3.8) is 0 Å². The van der Waals surface area contributed by atoms with Gasteiger partial charge in [-0.3, -0.25) is 9.59 Å². The first-order valence-corrected chi connectivity index (χ1v) is 8.69. The number of rotatable bonds is 2. The number of carbonyl (C=O) groups is 2. The van der Waals surface area contributed by atoms with Crippen LogP contribution in [0.25, 0.3) is 10.9 Å². The van der Waals surface area contributed by atoms with Crippen LogP contribution < -0.4 is 5.32 Å². The highest BCUT2D eigenvalue weighted by atomic mass is 16.2. The second-order valence-corrected chi connectivity index (χ2v) is 6.96. The molecule has 1 saturated heterocycles. The fourth-order valence-electron chi connectivity index (χ4n) is 3.51. The van der Waals surface area contributed by atoms with Gasteiger partial charge in [-0.15, -0.1) is 0 Å². The highest BCUT2D eigenvalue weighted by molar-refractivity contribution is 5.99. The van der Waals surface area contributed by atoms with Crippen molar-refractivity contribution in [1.29, 1.82) is 0 Å². The van der Waals surface area contributed by atoms with E-state index >= 15 is 0 Å². The predicted octanol–water partition coefficient (Wildman–Crippen LogP) is 1.53. The molecule has 0 spiro atoms. The van der Waals surface area contributed by atoms with Gasteiger partial charge in [-0.25, -0.2) is 0 Å². The average Bonchev–Trinajstić information content (AvgIpc) is 2.77. The van der Waals surface area contributed by atoms with Gasteiger partial charge in [0.15, 0.2) is 0 Å². The highest BCUT2D eigenvalue weighted by Crippen LogP contribution is 2.23. The molecule has 1 atom stereocenters. The van der Waals surface area contributed by atoms with E-state index in [1.807, 2.05) is 32.2 Å². The van der Waals surface area contributed by atoms with Crippen LogP contribution in [0.1, 0.15) is 21.6 Å². The van der Waals surface area contributed by atoms with Crippen LogP contribution in [0.2, 0.25) is 0 Å². The molecule has 1 aliphatic rings. The Bertz CT molecular complexity index is 811. The summed E-state index contributed by atoms with van der Waals surface area (Å²) in [6.45, 7) is 6.61. The number of hydrogen-bond donors (Lipinski definition) is 2. The van der Waals surface area contributed by atoms with Crippen molar-refractivity contribution in [2.45, 2.75) is 13.8 Å². The molecular formula is C19H26N4O2. The summed E-state index contributed by atoms with van der Waals surface area (Å²) in [5.74, 6) is -0.232. The average molecular weight is 342 g/mol. The summed E-state index contributed by atoms with van der Waals surface area (Å²) in [6, 6.07) is 5.78. The summed E-state index contributed by atoms with van der Waals surface area (Å²) >= 11 is 0. The third-order valence-electron chi connectivity index (χ3n) is 5.18. The number of carbonyl (C=O) groups excluding carboxylic acids is 2. The van der Waals surface area contributed by atoms with Gasteiger partial charge in [0.1, 0.15) is 0 Å². The summed E-state index contributed by atoms with van der Waals surface area (Å²) in [5, 5.41) is 3.79. The molecule has 2 amide bonds. The van der Waals surface area contributed by atoms with Crippen LogP contribution in [-0.4, -0.2) is 66.9 Å². The van der Waals surface area contributed by atoms with Crippen LogP contribution in [0.4, 0.5) is 0 Å². The van der Waals surface area contributed by atoms with E-state index < -0.39 is 0 Å². The van der Waals surface area contributed by atoms with Gasteiger partial charge in [0.2, 0.25) is 5.91 Å². The van der Waals surface area contributed by atoms with Gasteiger partial charge in [-0.1, -0.05) is 0 Å². The quantitative estimate of drug-likeness (QED) is 0.870. The predicted molar refractivity (Wildman–Crippen MR) is 98.7 cm³/mol. The monoisotopic (exact) mass is 342 g/mol. The molecule has 0 bridgehead atoms. The van der Waals surface area contributed by atoms with Gasteiger partial charge < -0.3 is 20.1 Å². The minimum Gasteiger partial charge on any atom is -0.359 e. The van der Waals surface area contributed by atoms with E-state index in [-0.39, 0.29) is 17.7 Å². The van der Waals surface area contributed by atoms with Crippen molar-refractivity contribution in [1.82, 2.24) is 20.1 Å². The highest BCUT2D eigenvalue weighted by Gasteiger charge is 2.29. The van der Waals surface area contributed by atoms with Gasteiger partial charge in [0.25, 0.3) is 5.91 Å². The molecule has 134 valence electrons. The van der Waals surface area contributed by atoms with E-state index in [0.29, 0.717) is 25.2 Å². The molecule has 1 aliphatic heterocycles. The van der Waals surface area contributed by atoms with Crippen molar-refractivity contribution in [2.24, 2.45) is 5.92 Å². The third-order valence-corrected chi connectivity index (χ3v) is 5.18. The van der Waals surface area contributed by atoms with E-state index in [9.17, 15) is 9.59 Å². The van der Waals surface area contributed by atoms with Crippen LogP contribution in [0.5, 0.6) is 0 Å². The van der Waals surface area contributed by atoms with Gasteiger partial charge >= 0.3 is 0 Å². The maximum Gasteiger partial charge on any atom is 0.253 e. The third kappa shape index (κ3) is 3.39. The SMILES string of the molecule is CNC(=O)[C@H]1CN(C)CCN(C(=O)c2ccc3[nH]c(C)c(C)c3c2)C1. The molecule has 0 radical (unpaired) electrons. The Balaban J connectivity index is 1.88. The number of nitrogens with zero attached hydrogens (tertiary/aromatic N) is 2. The molecule has 2 aromatic rings. The number of aryl methyl sites for hydroxylation is 2. The topological polar surface area (TPSA) is 68.4 Å². The van der Waals surface area contributed by atoms with Crippen molar-refractivity contribution in [3.05, 3.63) is 35.0 Å². The molecule has 0 unspecified atom stereocenters. The van der Waals surface area contributed by atoms with E-state index in [1.165, 1.54) is 5.56 Å². The number of amides is 2. The number of hydrogen-bond acceptors (Lipinski definition) is 3. The van der Waals surface area contributed by atoms with Gasteiger partial charge in [0.05, 0.1) is 5.92 Å². The summed E-state index contributed by atoms with van der Waals surface area (Å²) in [7, 11) is 3.63. The summed E-state index contributed by atoms with van der Waals surface area (Å²) in [5.41, 5.74) is 4.01. The van der Waals surface area contributed by atoms with E-state index in [4.69, 9.17) is 0 Å². The van der Waals surface area contributed by atoms with E-state index in [1.54, 1.807) is 11.9 Å². The minimum atomic E-state index is -0.207.